The number of fused-ring (bicyclic) bond motifs is 1. The lowest BCUT2D eigenvalue weighted by molar-refractivity contribution is 0.189. The highest BCUT2D eigenvalue weighted by molar-refractivity contribution is 6.32. The number of likely N-dealkylation sites (tertiary alicyclic amines) is 1. The smallest absolute Gasteiger partial charge is 0.271 e. The molecule has 0 radical (unpaired) electrons. The lowest BCUT2D eigenvalue weighted by Crippen LogP contribution is -2.34. The molecule has 0 bridgehead atoms. The van der Waals surface area contributed by atoms with Crippen LogP contribution >= 0.6 is 11.6 Å². The molecule has 1 aliphatic heterocycles. The zero-order valence-corrected chi connectivity index (χ0v) is 19.2. The number of rotatable bonds is 7. The number of nitrogens with zero attached hydrogens (tertiary/aromatic N) is 4. The van der Waals surface area contributed by atoms with Gasteiger partial charge in [0.1, 0.15) is 5.82 Å². The van der Waals surface area contributed by atoms with E-state index in [-0.39, 0.29) is 11.4 Å². The molecule has 34 heavy (non-hydrogen) atoms. The van der Waals surface area contributed by atoms with Crippen molar-refractivity contribution >= 4 is 22.6 Å². The van der Waals surface area contributed by atoms with Gasteiger partial charge in [0.15, 0.2) is 5.58 Å². The summed E-state index contributed by atoms with van der Waals surface area (Å²) in [5.41, 5.74) is 1.68. The highest BCUT2D eigenvalue weighted by atomic mass is 35.5. The maximum atomic E-state index is 13.4. The van der Waals surface area contributed by atoms with Crippen LogP contribution in [-0.4, -0.2) is 46.1 Å². The molecule has 0 aliphatic carbocycles. The molecule has 176 valence electrons. The first-order valence-corrected chi connectivity index (χ1v) is 11.7. The van der Waals surface area contributed by atoms with Gasteiger partial charge in [-0.15, -0.1) is 5.10 Å². The van der Waals surface area contributed by atoms with E-state index in [1.807, 2.05) is 0 Å². The molecule has 5 rings (SSSR count). The van der Waals surface area contributed by atoms with E-state index in [0.29, 0.717) is 34.7 Å². The predicted molar refractivity (Wildman–Crippen MR) is 127 cm³/mol. The van der Waals surface area contributed by atoms with Crippen molar-refractivity contribution in [2.45, 2.75) is 25.2 Å². The van der Waals surface area contributed by atoms with Crippen LogP contribution in [0.25, 0.3) is 16.7 Å². The summed E-state index contributed by atoms with van der Waals surface area (Å²) in [6.45, 7) is 3.31. The van der Waals surface area contributed by atoms with Crippen molar-refractivity contribution in [2.24, 2.45) is 0 Å². The highest BCUT2D eigenvalue weighted by Gasteiger charge is 2.25. The Kier molecular flexibility index (Phi) is 6.60. The van der Waals surface area contributed by atoms with E-state index in [9.17, 15) is 9.18 Å². The molecule has 3 heterocycles. The van der Waals surface area contributed by atoms with Crippen LogP contribution in [0.2, 0.25) is 5.02 Å². The molecule has 1 aliphatic rings. The lowest BCUT2D eigenvalue weighted by atomic mass is 9.91. The lowest BCUT2D eigenvalue weighted by Gasteiger charge is -2.31. The van der Waals surface area contributed by atoms with Gasteiger partial charge >= 0.3 is 0 Å². The quantitative estimate of drug-likeness (QED) is 0.352. The molecule has 0 amide bonds. The summed E-state index contributed by atoms with van der Waals surface area (Å²) in [6, 6.07) is 14.7. The first-order valence-electron chi connectivity index (χ1n) is 11.3. The summed E-state index contributed by atoms with van der Waals surface area (Å²) in [7, 11) is 0. The van der Waals surface area contributed by atoms with Gasteiger partial charge in [0.2, 0.25) is 5.88 Å². The van der Waals surface area contributed by atoms with Gasteiger partial charge in [-0.3, -0.25) is 4.79 Å². The fraction of sp³-hybridized carbons (Fsp3) is 0.320. The molecular weight excluding hydrogens is 459 g/mol. The SMILES string of the molecule is O=c1ccc(OCCCN2CCC(c3noc4cc(F)ccc34)CC2)nn1-c1ccccc1Cl. The van der Waals surface area contributed by atoms with E-state index in [2.05, 4.69) is 15.2 Å². The Balaban J connectivity index is 1.11. The van der Waals surface area contributed by atoms with Gasteiger partial charge in [0.05, 0.1) is 23.0 Å². The van der Waals surface area contributed by atoms with Crippen LogP contribution in [0, 0.1) is 5.82 Å². The van der Waals surface area contributed by atoms with Gasteiger partial charge in [-0.1, -0.05) is 28.9 Å². The van der Waals surface area contributed by atoms with E-state index in [4.69, 9.17) is 20.9 Å². The molecule has 2 aromatic carbocycles. The third-order valence-electron chi connectivity index (χ3n) is 6.16. The van der Waals surface area contributed by atoms with Crippen LogP contribution < -0.4 is 10.3 Å². The summed E-state index contributed by atoms with van der Waals surface area (Å²) in [4.78, 5) is 14.6. The number of ether oxygens (including phenoxy) is 1. The van der Waals surface area contributed by atoms with E-state index in [1.165, 1.54) is 22.9 Å². The van der Waals surface area contributed by atoms with Gasteiger partial charge in [0, 0.05) is 36.0 Å². The number of para-hydroxylation sites is 1. The Morgan fingerprint density at radius 2 is 1.94 bits per heavy atom. The summed E-state index contributed by atoms with van der Waals surface area (Å²) in [5.74, 6) is 0.381. The summed E-state index contributed by atoms with van der Waals surface area (Å²) in [5, 5.41) is 9.87. The molecule has 9 heteroatoms. The van der Waals surface area contributed by atoms with E-state index in [0.717, 1.165) is 50.0 Å². The van der Waals surface area contributed by atoms with Gasteiger partial charge in [-0.2, -0.15) is 4.68 Å². The molecule has 4 aromatic rings. The Labute approximate surface area is 200 Å². The van der Waals surface area contributed by atoms with Crippen LogP contribution in [0.5, 0.6) is 5.88 Å². The average molecular weight is 483 g/mol. The van der Waals surface area contributed by atoms with Crippen LogP contribution in [0.15, 0.2) is 63.9 Å². The van der Waals surface area contributed by atoms with E-state index in [1.54, 1.807) is 36.4 Å². The minimum absolute atomic E-state index is 0.270. The predicted octanol–water partition coefficient (Wildman–Crippen LogP) is 4.81. The molecule has 0 saturated carbocycles. The fourth-order valence-corrected chi connectivity index (χ4v) is 4.60. The maximum Gasteiger partial charge on any atom is 0.271 e. The summed E-state index contributed by atoms with van der Waals surface area (Å²) >= 11 is 6.20. The van der Waals surface area contributed by atoms with Crippen molar-refractivity contribution in [3.8, 4) is 11.6 Å². The number of hydrogen-bond donors (Lipinski definition) is 0. The van der Waals surface area contributed by atoms with Crippen molar-refractivity contribution in [3.05, 3.63) is 81.5 Å². The molecule has 1 saturated heterocycles. The number of aromatic nitrogens is 3. The van der Waals surface area contributed by atoms with Crippen molar-refractivity contribution in [1.82, 2.24) is 19.8 Å². The zero-order chi connectivity index (χ0) is 23.5. The topological polar surface area (TPSA) is 73.4 Å². The molecule has 0 spiro atoms. The molecule has 0 atom stereocenters. The Morgan fingerprint density at radius 3 is 2.76 bits per heavy atom. The van der Waals surface area contributed by atoms with Crippen LogP contribution in [0.3, 0.4) is 0 Å². The normalized spacial score (nSPS) is 15.1. The number of piperidine rings is 1. The van der Waals surface area contributed by atoms with E-state index >= 15 is 0 Å². The first-order chi connectivity index (χ1) is 16.6. The van der Waals surface area contributed by atoms with Crippen LogP contribution in [0.4, 0.5) is 4.39 Å². The monoisotopic (exact) mass is 482 g/mol. The maximum absolute atomic E-state index is 13.4. The zero-order valence-electron chi connectivity index (χ0n) is 18.5. The standard InChI is InChI=1S/C25H24ClFN4O3/c26-20-4-1-2-5-21(20)31-24(32)9-8-23(28-31)33-15-3-12-30-13-10-17(11-14-30)25-19-7-6-18(27)16-22(19)34-29-25/h1-2,4-9,16-17H,3,10-15H2. The number of hydrogen-bond acceptors (Lipinski definition) is 6. The second kappa shape index (κ2) is 9.95. The molecular formula is C25H24ClFN4O3. The Hall–Kier alpha value is -3.23. The van der Waals surface area contributed by atoms with Gasteiger partial charge in [-0.05, 0) is 56.6 Å². The summed E-state index contributed by atoms with van der Waals surface area (Å²) < 4.78 is 25.8. The van der Waals surface area contributed by atoms with Crippen molar-refractivity contribution < 1.29 is 13.7 Å². The molecule has 7 nitrogen and oxygen atoms in total. The highest BCUT2D eigenvalue weighted by Crippen LogP contribution is 2.32. The van der Waals surface area contributed by atoms with Gasteiger partial charge < -0.3 is 14.2 Å². The third-order valence-corrected chi connectivity index (χ3v) is 6.48. The van der Waals surface area contributed by atoms with Crippen molar-refractivity contribution in [2.75, 3.05) is 26.2 Å². The fourth-order valence-electron chi connectivity index (χ4n) is 4.39. The number of benzene rings is 2. The molecule has 0 N–H and O–H groups in total. The van der Waals surface area contributed by atoms with Gasteiger partial charge in [-0.25, -0.2) is 4.39 Å². The van der Waals surface area contributed by atoms with Crippen molar-refractivity contribution in [1.29, 1.82) is 0 Å². The minimum Gasteiger partial charge on any atom is -0.477 e. The Bertz CT molecular complexity index is 1350. The first kappa shape index (κ1) is 22.6. The summed E-state index contributed by atoms with van der Waals surface area (Å²) in [6.07, 6.45) is 2.79. The van der Waals surface area contributed by atoms with E-state index < -0.39 is 0 Å². The molecule has 2 aromatic heterocycles. The third kappa shape index (κ3) is 4.83. The minimum atomic E-state index is -0.315. The number of halogens is 2. The van der Waals surface area contributed by atoms with Gasteiger partial charge in [0.25, 0.3) is 5.56 Å². The molecule has 0 unspecified atom stereocenters. The molecule has 1 fully saturated rings. The van der Waals surface area contributed by atoms with Crippen molar-refractivity contribution in [3.63, 3.8) is 0 Å². The second-order valence-corrected chi connectivity index (χ2v) is 8.81. The largest absolute Gasteiger partial charge is 0.477 e. The Morgan fingerprint density at radius 1 is 1.12 bits per heavy atom. The second-order valence-electron chi connectivity index (χ2n) is 8.40. The van der Waals surface area contributed by atoms with Crippen LogP contribution in [-0.2, 0) is 0 Å². The van der Waals surface area contributed by atoms with Crippen LogP contribution in [0.1, 0.15) is 30.9 Å². The average Bonchev–Trinajstić information content (AvgIpc) is 3.27.